The Bertz CT molecular complexity index is 410. The molecule has 0 aromatic carbocycles. The van der Waals surface area contributed by atoms with Gasteiger partial charge in [0.2, 0.25) is 0 Å². The molecule has 0 saturated heterocycles. The fraction of sp³-hybridized carbons (Fsp3) is 0.636. The van der Waals surface area contributed by atoms with Crippen LogP contribution in [0.3, 0.4) is 0 Å². The lowest BCUT2D eigenvalue weighted by atomic mass is 10.0. The number of nitrogens with zero attached hydrogens (tertiary/aromatic N) is 2. The zero-order valence-corrected chi connectivity index (χ0v) is 11.9. The Labute approximate surface area is 110 Å². The quantitative estimate of drug-likeness (QED) is 0.507. The van der Waals surface area contributed by atoms with E-state index in [0.717, 1.165) is 11.4 Å². The third-order valence-electron chi connectivity index (χ3n) is 2.54. The van der Waals surface area contributed by atoms with Gasteiger partial charge in [-0.15, -0.1) is 0 Å². The van der Waals surface area contributed by atoms with E-state index in [-0.39, 0.29) is 5.92 Å². The topological polar surface area (TPSA) is 92.9 Å². The Morgan fingerprint density at radius 1 is 1.39 bits per heavy atom. The minimum Gasteiger partial charge on any atom is -0.369 e. The van der Waals surface area contributed by atoms with Crippen LogP contribution in [0.5, 0.6) is 0 Å². The number of hydrogen-bond donors (Lipinski definition) is 3. The SMILES string of the molecule is CCS(=O)CCNc1ncnc(NN)c1C(C)C. The maximum absolute atomic E-state index is 11.3. The molecule has 6 nitrogen and oxygen atoms in total. The molecule has 0 bridgehead atoms. The van der Waals surface area contributed by atoms with E-state index in [0.29, 0.717) is 23.9 Å². The van der Waals surface area contributed by atoms with Crippen LogP contribution >= 0.6 is 0 Å². The summed E-state index contributed by atoms with van der Waals surface area (Å²) in [6, 6.07) is 0. The molecule has 102 valence electrons. The number of aromatic nitrogens is 2. The van der Waals surface area contributed by atoms with E-state index in [1.807, 2.05) is 6.92 Å². The van der Waals surface area contributed by atoms with Crippen molar-refractivity contribution in [3.63, 3.8) is 0 Å². The maximum Gasteiger partial charge on any atom is 0.148 e. The fourth-order valence-electron chi connectivity index (χ4n) is 1.63. The number of nitrogens with one attached hydrogen (secondary N) is 2. The van der Waals surface area contributed by atoms with Crippen LogP contribution in [0, 0.1) is 0 Å². The van der Waals surface area contributed by atoms with Gasteiger partial charge in [0.15, 0.2) is 0 Å². The first kappa shape index (κ1) is 14.8. The van der Waals surface area contributed by atoms with E-state index in [9.17, 15) is 4.21 Å². The third-order valence-corrected chi connectivity index (χ3v) is 3.85. The number of anilines is 2. The Hall–Kier alpha value is -1.21. The molecule has 1 aromatic heterocycles. The number of hydrazine groups is 1. The Morgan fingerprint density at radius 2 is 2.06 bits per heavy atom. The van der Waals surface area contributed by atoms with Crippen molar-refractivity contribution in [3.8, 4) is 0 Å². The van der Waals surface area contributed by atoms with Gasteiger partial charge in [-0.2, -0.15) is 0 Å². The molecule has 4 N–H and O–H groups in total. The van der Waals surface area contributed by atoms with Crippen LogP contribution in [0.25, 0.3) is 0 Å². The minimum atomic E-state index is -0.771. The molecule has 1 aromatic rings. The summed E-state index contributed by atoms with van der Waals surface area (Å²) in [5.41, 5.74) is 3.52. The van der Waals surface area contributed by atoms with Crippen molar-refractivity contribution in [2.24, 2.45) is 5.84 Å². The zero-order chi connectivity index (χ0) is 13.5. The van der Waals surface area contributed by atoms with Gasteiger partial charge in [-0.3, -0.25) is 4.21 Å². The molecule has 0 amide bonds. The third kappa shape index (κ3) is 3.92. The summed E-state index contributed by atoms with van der Waals surface area (Å²) in [7, 11) is -0.771. The first-order chi connectivity index (χ1) is 8.60. The van der Waals surface area contributed by atoms with Crippen molar-refractivity contribution < 1.29 is 4.21 Å². The van der Waals surface area contributed by atoms with Gasteiger partial charge in [0.25, 0.3) is 0 Å². The van der Waals surface area contributed by atoms with Gasteiger partial charge in [-0.05, 0) is 5.92 Å². The Kier molecular flexibility index (Phi) is 6.00. The van der Waals surface area contributed by atoms with Crippen molar-refractivity contribution >= 4 is 22.4 Å². The summed E-state index contributed by atoms with van der Waals surface area (Å²) in [5, 5.41) is 3.19. The van der Waals surface area contributed by atoms with Crippen LogP contribution in [0.2, 0.25) is 0 Å². The van der Waals surface area contributed by atoms with Gasteiger partial charge in [0.05, 0.1) is 0 Å². The van der Waals surface area contributed by atoms with Gasteiger partial charge >= 0.3 is 0 Å². The lowest BCUT2D eigenvalue weighted by molar-refractivity contribution is 0.684. The minimum absolute atomic E-state index is 0.247. The molecule has 1 rings (SSSR count). The van der Waals surface area contributed by atoms with Crippen LogP contribution in [-0.2, 0) is 10.8 Å². The summed E-state index contributed by atoms with van der Waals surface area (Å²) in [5.74, 6) is 8.35. The van der Waals surface area contributed by atoms with Gasteiger partial charge in [-0.25, -0.2) is 15.8 Å². The highest BCUT2D eigenvalue weighted by atomic mass is 32.2. The predicted octanol–water partition coefficient (Wildman–Crippen LogP) is 1.07. The van der Waals surface area contributed by atoms with Crippen LogP contribution in [0.4, 0.5) is 11.6 Å². The van der Waals surface area contributed by atoms with Crippen LogP contribution in [0.1, 0.15) is 32.3 Å². The molecular formula is C11H21N5OS. The molecule has 0 radical (unpaired) electrons. The van der Waals surface area contributed by atoms with E-state index in [1.54, 1.807) is 0 Å². The van der Waals surface area contributed by atoms with E-state index >= 15 is 0 Å². The Balaban J connectivity index is 2.78. The first-order valence-corrected chi connectivity index (χ1v) is 7.49. The summed E-state index contributed by atoms with van der Waals surface area (Å²) >= 11 is 0. The van der Waals surface area contributed by atoms with Crippen LogP contribution < -0.4 is 16.6 Å². The van der Waals surface area contributed by atoms with Crippen molar-refractivity contribution in [1.29, 1.82) is 0 Å². The molecular weight excluding hydrogens is 250 g/mol. The fourth-order valence-corrected chi connectivity index (χ4v) is 2.24. The van der Waals surface area contributed by atoms with Crippen molar-refractivity contribution in [2.75, 3.05) is 28.8 Å². The van der Waals surface area contributed by atoms with Crippen molar-refractivity contribution in [1.82, 2.24) is 9.97 Å². The summed E-state index contributed by atoms with van der Waals surface area (Å²) in [6.45, 7) is 6.64. The van der Waals surface area contributed by atoms with Gasteiger partial charge in [-0.1, -0.05) is 20.8 Å². The highest BCUT2D eigenvalue weighted by Gasteiger charge is 2.14. The number of nitrogens with two attached hydrogens (primary N) is 1. The second-order valence-electron chi connectivity index (χ2n) is 4.14. The average Bonchev–Trinajstić information content (AvgIpc) is 2.37. The second-order valence-corrected chi connectivity index (χ2v) is 6.01. The van der Waals surface area contributed by atoms with E-state index < -0.39 is 10.8 Å². The zero-order valence-electron chi connectivity index (χ0n) is 11.1. The molecule has 0 aliphatic heterocycles. The molecule has 7 heteroatoms. The van der Waals surface area contributed by atoms with E-state index in [4.69, 9.17) is 5.84 Å². The lowest BCUT2D eigenvalue weighted by Gasteiger charge is -2.16. The highest BCUT2D eigenvalue weighted by molar-refractivity contribution is 7.84. The van der Waals surface area contributed by atoms with Crippen molar-refractivity contribution in [2.45, 2.75) is 26.7 Å². The normalized spacial score (nSPS) is 12.5. The predicted molar refractivity (Wildman–Crippen MR) is 76.0 cm³/mol. The molecule has 0 aliphatic carbocycles. The molecule has 1 unspecified atom stereocenters. The summed E-state index contributed by atoms with van der Waals surface area (Å²) < 4.78 is 11.3. The van der Waals surface area contributed by atoms with Gasteiger partial charge < -0.3 is 10.7 Å². The maximum atomic E-state index is 11.3. The monoisotopic (exact) mass is 271 g/mol. The molecule has 0 aliphatic rings. The van der Waals surface area contributed by atoms with Crippen LogP contribution in [0.15, 0.2) is 6.33 Å². The smallest absolute Gasteiger partial charge is 0.148 e. The standard InChI is InChI=1S/C11H21N5OS/c1-4-18(17)6-5-13-10-9(8(2)3)11(16-12)15-7-14-10/h7-8H,4-6,12H2,1-3H3,(H2,13,14,15,16). The van der Waals surface area contributed by atoms with E-state index in [1.165, 1.54) is 6.33 Å². The molecule has 0 saturated carbocycles. The lowest BCUT2D eigenvalue weighted by Crippen LogP contribution is -2.17. The highest BCUT2D eigenvalue weighted by Crippen LogP contribution is 2.27. The van der Waals surface area contributed by atoms with E-state index in [2.05, 4.69) is 34.6 Å². The van der Waals surface area contributed by atoms with Crippen molar-refractivity contribution in [3.05, 3.63) is 11.9 Å². The van der Waals surface area contributed by atoms with Gasteiger partial charge in [0, 0.05) is 34.4 Å². The molecule has 0 fully saturated rings. The largest absolute Gasteiger partial charge is 0.369 e. The number of nitrogen functional groups attached to an aromatic ring is 1. The molecule has 0 spiro atoms. The first-order valence-electron chi connectivity index (χ1n) is 6.00. The number of rotatable bonds is 7. The van der Waals surface area contributed by atoms with Crippen LogP contribution in [-0.4, -0.2) is 32.2 Å². The average molecular weight is 271 g/mol. The molecule has 18 heavy (non-hydrogen) atoms. The van der Waals surface area contributed by atoms with Gasteiger partial charge in [0.1, 0.15) is 18.0 Å². The second kappa shape index (κ2) is 7.27. The Morgan fingerprint density at radius 3 is 2.61 bits per heavy atom. The summed E-state index contributed by atoms with van der Waals surface area (Å²) in [4.78, 5) is 8.31. The summed E-state index contributed by atoms with van der Waals surface area (Å²) in [6.07, 6.45) is 1.46. The number of hydrogen-bond acceptors (Lipinski definition) is 6. The molecule has 1 atom stereocenters. The molecule has 1 heterocycles.